The monoisotopic (exact) mass is 498 g/mol. The van der Waals surface area contributed by atoms with Gasteiger partial charge in [0.15, 0.2) is 0 Å². The molecule has 0 radical (unpaired) electrons. The quantitative estimate of drug-likeness (QED) is 0.582. The molecule has 1 fully saturated rings. The Balaban J connectivity index is 1.62. The fourth-order valence-corrected chi connectivity index (χ4v) is 5.45. The first-order valence-corrected chi connectivity index (χ1v) is 12.6. The van der Waals surface area contributed by atoms with Gasteiger partial charge in [0.1, 0.15) is 25.0 Å². The fraction of sp³-hybridized carbons (Fsp3) is 0.360. The van der Waals surface area contributed by atoms with Crippen LogP contribution in [0.4, 0.5) is 5.69 Å². The average Bonchev–Trinajstić information content (AvgIpc) is 3.70. The molecule has 1 amide bonds. The molecular weight excluding hydrogens is 472 g/mol. The van der Waals surface area contributed by atoms with Gasteiger partial charge in [-0.3, -0.25) is 9.59 Å². The Morgan fingerprint density at radius 1 is 1.06 bits per heavy atom. The van der Waals surface area contributed by atoms with Crippen molar-refractivity contribution in [2.45, 2.75) is 30.3 Å². The Morgan fingerprint density at radius 2 is 1.74 bits per heavy atom. The van der Waals surface area contributed by atoms with Crippen LogP contribution in [0.15, 0.2) is 53.4 Å². The number of hydrogen-bond acceptors (Lipinski definition) is 6. The molecule has 184 valence electrons. The second-order valence-electron chi connectivity index (χ2n) is 8.30. The SMILES string of the molecule is COCC#CCOc1ccc(S(=O)(=O)N2Cc3ccccc3N(C(=O)C3CC3)CC2C(=O)O)cc1. The smallest absolute Gasteiger partial charge is 0.323 e. The van der Waals surface area contributed by atoms with Crippen molar-refractivity contribution in [3.63, 3.8) is 0 Å². The van der Waals surface area contributed by atoms with Crippen LogP contribution >= 0.6 is 0 Å². The van der Waals surface area contributed by atoms with Crippen LogP contribution in [-0.4, -0.2) is 62.6 Å². The Kier molecular flexibility index (Phi) is 7.40. The topological polar surface area (TPSA) is 113 Å². The second kappa shape index (κ2) is 10.5. The highest BCUT2D eigenvalue weighted by molar-refractivity contribution is 7.89. The number of sulfonamides is 1. The molecule has 1 heterocycles. The molecule has 1 N–H and O–H groups in total. The van der Waals surface area contributed by atoms with Gasteiger partial charge in [-0.1, -0.05) is 30.0 Å². The minimum absolute atomic E-state index is 0.0685. The van der Waals surface area contributed by atoms with Gasteiger partial charge in [0.2, 0.25) is 15.9 Å². The average molecular weight is 499 g/mol. The standard InChI is InChI=1S/C25H26N2O7S/c1-33-14-4-5-15-34-20-10-12-21(13-11-20)35(31,32)27-16-19-6-2-3-7-22(19)26(17-23(27)25(29)30)24(28)18-8-9-18/h2-3,6-7,10-13,18,23H,8-9,14-17H2,1H3,(H,29,30). The summed E-state index contributed by atoms with van der Waals surface area (Å²) in [5.41, 5.74) is 1.12. The number of fused-ring (bicyclic) bond motifs is 1. The van der Waals surface area contributed by atoms with Crippen LogP contribution in [0.5, 0.6) is 5.75 Å². The van der Waals surface area contributed by atoms with E-state index >= 15 is 0 Å². The van der Waals surface area contributed by atoms with Gasteiger partial charge < -0.3 is 19.5 Å². The van der Waals surface area contributed by atoms with Crippen molar-refractivity contribution < 1.29 is 32.6 Å². The molecule has 4 rings (SSSR count). The van der Waals surface area contributed by atoms with E-state index in [1.807, 2.05) is 0 Å². The Morgan fingerprint density at radius 3 is 2.40 bits per heavy atom. The molecule has 1 aliphatic carbocycles. The van der Waals surface area contributed by atoms with Crippen molar-refractivity contribution >= 4 is 27.6 Å². The van der Waals surface area contributed by atoms with Gasteiger partial charge in [0.25, 0.3) is 0 Å². The highest BCUT2D eigenvalue weighted by atomic mass is 32.2. The number of para-hydroxylation sites is 1. The van der Waals surface area contributed by atoms with Crippen molar-refractivity contribution in [2.75, 3.05) is 31.8 Å². The lowest BCUT2D eigenvalue weighted by Crippen LogP contribution is -2.50. The van der Waals surface area contributed by atoms with Crippen molar-refractivity contribution in [3.8, 4) is 17.6 Å². The number of aliphatic carboxylic acids is 1. The lowest BCUT2D eigenvalue weighted by atomic mass is 10.1. The number of ether oxygens (including phenoxy) is 2. The molecule has 1 unspecified atom stereocenters. The normalized spacial score (nSPS) is 18.1. The maximum Gasteiger partial charge on any atom is 0.323 e. The molecule has 1 aliphatic heterocycles. The van der Waals surface area contributed by atoms with Crippen LogP contribution in [0.2, 0.25) is 0 Å². The van der Waals surface area contributed by atoms with Crippen LogP contribution in [0.3, 0.4) is 0 Å². The lowest BCUT2D eigenvalue weighted by molar-refractivity contribution is -0.141. The van der Waals surface area contributed by atoms with Gasteiger partial charge in [-0.15, -0.1) is 0 Å². The minimum atomic E-state index is -4.21. The third-order valence-corrected chi connectivity index (χ3v) is 7.74. The van der Waals surface area contributed by atoms with Crippen LogP contribution < -0.4 is 9.64 Å². The zero-order chi connectivity index (χ0) is 25.0. The number of benzene rings is 2. The molecule has 0 saturated heterocycles. The first-order chi connectivity index (χ1) is 16.8. The highest BCUT2D eigenvalue weighted by Gasteiger charge is 2.44. The highest BCUT2D eigenvalue weighted by Crippen LogP contribution is 2.37. The summed E-state index contributed by atoms with van der Waals surface area (Å²) >= 11 is 0. The van der Waals surface area contributed by atoms with Gasteiger partial charge in [-0.25, -0.2) is 8.42 Å². The zero-order valence-corrected chi connectivity index (χ0v) is 20.0. The van der Waals surface area contributed by atoms with E-state index in [0.29, 0.717) is 17.0 Å². The number of carbonyl (C=O) groups is 2. The summed E-state index contributed by atoms with van der Waals surface area (Å²) < 4.78 is 38.5. The van der Waals surface area contributed by atoms with Crippen LogP contribution in [0.1, 0.15) is 18.4 Å². The number of carbonyl (C=O) groups excluding carboxylic acids is 1. The summed E-state index contributed by atoms with van der Waals surface area (Å²) in [6, 6.07) is 11.2. The van der Waals surface area contributed by atoms with Crippen molar-refractivity contribution in [2.24, 2.45) is 5.92 Å². The van der Waals surface area contributed by atoms with E-state index in [0.717, 1.165) is 17.1 Å². The lowest BCUT2D eigenvalue weighted by Gasteiger charge is -2.28. The van der Waals surface area contributed by atoms with E-state index in [4.69, 9.17) is 9.47 Å². The molecule has 2 aliphatic rings. The van der Waals surface area contributed by atoms with E-state index in [1.54, 1.807) is 24.3 Å². The molecule has 9 nitrogen and oxygen atoms in total. The zero-order valence-electron chi connectivity index (χ0n) is 19.2. The number of methoxy groups -OCH3 is 1. The Hall–Kier alpha value is -3.39. The molecule has 2 aromatic carbocycles. The van der Waals surface area contributed by atoms with Crippen LogP contribution in [0.25, 0.3) is 0 Å². The van der Waals surface area contributed by atoms with Gasteiger partial charge in [-0.2, -0.15) is 4.31 Å². The number of nitrogens with zero attached hydrogens (tertiary/aromatic N) is 2. The molecule has 10 heteroatoms. The van der Waals surface area contributed by atoms with Crippen molar-refractivity contribution in [1.29, 1.82) is 0 Å². The van der Waals surface area contributed by atoms with E-state index in [2.05, 4.69) is 11.8 Å². The van der Waals surface area contributed by atoms with E-state index < -0.39 is 22.0 Å². The summed E-state index contributed by atoms with van der Waals surface area (Å²) in [6.07, 6.45) is 1.51. The molecule has 1 atom stereocenters. The van der Waals surface area contributed by atoms with Crippen molar-refractivity contribution in [1.82, 2.24) is 4.31 Å². The van der Waals surface area contributed by atoms with E-state index in [1.165, 1.54) is 36.3 Å². The summed E-state index contributed by atoms with van der Waals surface area (Å²) in [6.45, 7) is -0.0300. The van der Waals surface area contributed by atoms with Gasteiger partial charge in [0.05, 0.1) is 11.4 Å². The number of hydrogen-bond donors (Lipinski definition) is 1. The molecule has 0 bridgehead atoms. The molecular formula is C25H26N2O7S. The first kappa shape index (κ1) is 24.7. The molecule has 0 spiro atoms. The molecule has 1 saturated carbocycles. The number of anilines is 1. The predicted molar refractivity (Wildman–Crippen MR) is 127 cm³/mol. The number of carboxylic acid groups (broad SMARTS) is 1. The van der Waals surface area contributed by atoms with E-state index in [-0.39, 0.29) is 43.0 Å². The van der Waals surface area contributed by atoms with E-state index in [9.17, 15) is 23.1 Å². The largest absolute Gasteiger partial charge is 0.481 e. The summed E-state index contributed by atoms with van der Waals surface area (Å²) in [5, 5.41) is 9.99. The second-order valence-corrected chi connectivity index (χ2v) is 10.2. The van der Waals surface area contributed by atoms with Crippen LogP contribution in [-0.2, 0) is 30.9 Å². The summed E-state index contributed by atoms with van der Waals surface area (Å²) in [5.74, 6) is 4.32. The third kappa shape index (κ3) is 5.48. The first-order valence-electron chi connectivity index (χ1n) is 11.1. The molecule has 35 heavy (non-hydrogen) atoms. The molecule has 0 aromatic heterocycles. The van der Waals surface area contributed by atoms with Crippen molar-refractivity contribution in [3.05, 3.63) is 54.1 Å². The fourth-order valence-electron chi connectivity index (χ4n) is 3.90. The summed E-state index contributed by atoms with van der Waals surface area (Å²) in [7, 11) is -2.67. The van der Waals surface area contributed by atoms with Gasteiger partial charge >= 0.3 is 5.97 Å². The number of amides is 1. The third-order valence-electron chi connectivity index (χ3n) is 5.87. The predicted octanol–water partition coefficient (Wildman–Crippen LogP) is 2.12. The van der Waals surface area contributed by atoms with Gasteiger partial charge in [-0.05, 0) is 48.7 Å². The Bertz CT molecular complexity index is 1260. The summed E-state index contributed by atoms with van der Waals surface area (Å²) in [4.78, 5) is 26.6. The van der Waals surface area contributed by atoms with Gasteiger partial charge in [0, 0.05) is 25.3 Å². The maximum absolute atomic E-state index is 13.6. The molecule has 2 aromatic rings. The van der Waals surface area contributed by atoms with Crippen LogP contribution in [0, 0.1) is 17.8 Å². The number of carboxylic acids is 1. The maximum atomic E-state index is 13.6. The minimum Gasteiger partial charge on any atom is -0.481 e. The Labute approximate surface area is 204 Å². The number of rotatable bonds is 7.